The molecule has 1 N–H and O–H groups in total. The van der Waals surface area contributed by atoms with Crippen molar-refractivity contribution in [1.82, 2.24) is 4.98 Å². The molecular weight excluding hydrogens is 411 g/mol. The number of aromatic nitrogens is 1. The quantitative estimate of drug-likeness (QED) is 0.301. The molecule has 2 aromatic rings. The predicted octanol–water partition coefficient (Wildman–Crippen LogP) is 5.26. The lowest BCUT2D eigenvalue weighted by atomic mass is 9.62. The number of oxime groups is 1. The Balaban J connectivity index is 1.69. The molecule has 176 valence electrons. The van der Waals surface area contributed by atoms with Gasteiger partial charge in [-0.1, -0.05) is 45.0 Å². The van der Waals surface area contributed by atoms with E-state index in [4.69, 9.17) is 9.31 Å². The van der Waals surface area contributed by atoms with E-state index in [0.29, 0.717) is 11.4 Å². The van der Waals surface area contributed by atoms with Gasteiger partial charge in [-0.25, -0.2) is 0 Å². The maximum absolute atomic E-state index is 10.0. The molecule has 0 amide bonds. The number of aryl methyl sites for hydroxylation is 1. The van der Waals surface area contributed by atoms with Crippen LogP contribution in [0, 0.1) is 6.92 Å². The van der Waals surface area contributed by atoms with Crippen LogP contribution in [0.15, 0.2) is 35.6 Å². The highest BCUT2D eigenvalue weighted by molar-refractivity contribution is 6.62. The minimum absolute atomic E-state index is 0.0713. The van der Waals surface area contributed by atoms with Crippen molar-refractivity contribution < 1.29 is 14.5 Å². The van der Waals surface area contributed by atoms with Gasteiger partial charge < -0.3 is 14.5 Å². The van der Waals surface area contributed by atoms with Crippen LogP contribution in [0.3, 0.4) is 0 Å². The third-order valence-electron chi connectivity index (χ3n) is 8.11. The van der Waals surface area contributed by atoms with Gasteiger partial charge in [0.05, 0.1) is 16.9 Å². The summed E-state index contributed by atoms with van der Waals surface area (Å²) in [5.74, 6) is 0. The van der Waals surface area contributed by atoms with Crippen molar-refractivity contribution in [3.05, 3.63) is 58.4 Å². The van der Waals surface area contributed by atoms with E-state index in [0.717, 1.165) is 29.4 Å². The van der Waals surface area contributed by atoms with Gasteiger partial charge in [-0.05, 0) is 87.1 Å². The van der Waals surface area contributed by atoms with Crippen LogP contribution >= 0.6 is 0 Å². The zero-order valence-electron chi connectivity index (χ0n) is 21.5. The maximum Gasteiger partial charge on any atom is 0.496 e. The number of hydrogen-bond acceptors (Lipinski definition) is 5. The van der Waals surface area contributed by atoms with Gasteiger partial charge in [0.1, 0.15) is 5.71 Å². The lowest BCUT2D eigenvalue weighted by Crippen LogP contribution is -2.41. The van der Waals surface area contributed by atoms with E-state index in [9.17, 15) is 5.21 Å². The van der Waals surface area contributed by atoms with Crippen LogP contribution in [0.4, 0.5) is 0 Å². The van der Waals surface area contributed by atoms with E-state index in [1.165, 1.54) is 11.1 Å². The van der Waals surface area contributed by atoms with Gasteiger partial charge >= 0.3 is 7.12 Å². The Bertz CT molecular complexity index is 1090. The maximum atomic E-state index is 10.0. The summed E-state index contributed by atoms with van der Waals surface area (Å²) in [5, 5.41) is 13.7. The molecule has 2 heterocycles. The molecule has 1 aliphatic carbocycles. The van der Waals surface area contributed by atoms with Gasteiger partial charge in [-0.3, -0.25) is 4.98 Å². The molecule has 0 unspecified atom stereocenters. The molecule has 1 aliphatic heterocycles. The van der Waals surface area contributed by atoms with Gasteiger partial charge in [-0.2, -0.15) is 0 Å². The van der Waals surface area contributed by atoms with E-state index < -0.39 is 18.3 Å². The Labute approximate surface area is 198 Å². The van der Waals surface area contributed by atoms with Crippen molar-refractivity contribution in [2.75, 3.05) is 0 Å². The molecule has 0 spiro atoms. The van der Waals surface area contributed by atoms with Crippen molar-refractivity contribution in [3.63, 3.8) is 0 Å². The van der Waals surface area contributed by atoms with Gasteiger partial charge in [0.25, 0.3) is 0 Å². The van der Waals surface area contributed by atoms with Crippen LogP contribution in [0.5, 0.6) is 0 Å². The summed E-state index contributed by atoms with van der Waals surface area (Å²) < 4.78 is 12.3. The predicted molar refractivity (Wildman–Crippen MR) is 134 cm³/mol. The molecule has 4 rings (SSSR count). The fourth-order valence-corrected chi connectivity index (χ4v) is 4.88. The first-order valence-electron chi connectivity index (χ1n) is 11.9. The fraction of sp³-hybridized carbons (Fsp3) is 0.556. The third kappa shape index (κ3) is 4.02. The van der Waals surface area contributed by atoms with Gasteiger partial charge in [0.15, 0.2) is 0 Å². The average Bonchev–Trinajstić information content (AvgIpc) is 2.94. The molecule has 1 fully saturated rings. The molecule has 0 radical (unpaired) electrons. The Morgan fingerprint density at radius 2 is 1.45 bits per heavy atom. The van der Waals surface area contributed by atoms with Crippen molar-refractivity contribution in [1.29, 1.82) is 0 Å². The molecule has 1 saturated heterocycles. The number of pyridine rings is 1. The highest BCUT2D eigenvalue weighted by atomic mass is 16.7. The average molecular weight is 448 g/mol. The molecule has 33 heavy (non-hydrogen) atoms. The molecule has 6 heteroatoms. The van der Waals surface area contributed by atoms with Gasteiger partial charge in [0.2, 0.25) is 0 Å². The summed E-state index contributed by atoms with van der Waals surface area (Å²) in [7, 11) is -0.473. The van der Waals surface area contributed by atoms with Crippen LogP contribution in [0.1, 0.15) is 96.2 Å². The number of benzene rings is 1. The molecule has 0 bridgehead atoms. The zero-order valence-corrected chi connectivity index (χ0v) is 21.5. The molecule has 2 aliphatic rings. The SMILES string of the molecule is Cc1cc2c(cc1/C(=N/O)c1ccc(B3OC(C)(C)C(C)(C)O3)cn1)C(C)(C)CCC2(C)C. The first-order chi connectivity index (χ1) is 15.2. The first kappa shape index (κ1) is 24.0. The normalized spacial score (nSPS) is 22.8. The second kappa shape index (κ2) is 7.67. The summed E-state index contributed by atoms with van der Waals surface area (Å²) >= 11 is 0. The summed E-state index contributed by atoms with van der Waals surface area (Å²) in [6.45, 7) is 19.5. The number of rotatable bonds is 3. The molecule has 0 saturated carbocycles. The van der Waals surface area contributed by atoms with E-state index in [2.05, 4.69) is 56.9 Å². The van der Waals surface area contributed by atoms with Crippen molar-refractivity contribution in [2.24, 2.45) is 5.16 Å². The van der Waals surface area contributed by atoms with E-state index in [-0.39, 0.29) is 10.8 Å². The molecule has 0 atom stereocenters. The van der Waals surface area contributed by atoms with Crippen LogP contribution in [-0.4, -0.2) is 34.2 Å². The van der Waals surface area contributed by atoms with Crippen molar-refractivity contribution in [2.45, 2.75) is 97.2 Å². The minimum Gasteiger partial charge on any atom is -0.410 e. The van der Waals surface area contributed by atoms with Gasteiger partial charge in [0, 0.05) is 17.2 Å². The van der Waals surface area contributed by atoms with Crippen molar-refractivity contribution in [3.8, 4) is 0 Å². The highest BCUT2D eigenvalue weighted by Gasteiger charge is 2.51. The summed E-state index contributed by atoms with van der Waals surface area (Å²) in [5.41, 5.74) is 6.06. The van der Waals surface area contributed by atoms with Crippen LogP contribution in [-0.2, 0) is 20.1 Å². The van der Waals surface area contributed by atoms with E-state index in [1.807, 2.05) is 39.8 Å². The molecule has 1 aromatic carbocycles. The van der Waals surface area contributed by atoms with E-state index >= 15 is 0 Å². The monoisotopic (exact) mass is 448 g/mol. The van der Waals surface area contributed by atoms with Gasteiger partial charge in [-0.15, -0.1) is 0 Å². The first-order valence-corrected chi connectivity index (χ1v) is 11.9. The standard InChI is InChI=1S/C27H37BN2O3/c1-17-14-20-21(25(4,5)13-12-24(20,2)3)15-19(17)23(30-31)22-11-10-18(16-29-22)28-32-26(6,7)27(8,9)33-28/h10-11,14-16,31H,12-13H2,1-9H3/b30-23-. The highest BCUT2D eigenvalue weighted by Crippen LogP contribution is 2.46. The largest absolute Gasteiger partial charge is 0.496 e. The van der Waals surface area contributed by atoms with Crippen LogP contribution in [0.2, 0.25) is 0 Å². The summed E-state index contributed by atoms with van der Waals surface area (Å²) in [6, 6.07) is 8.31. The van der Waals surface area contributed by atoms with Crippen LogP contribution < -0.4 is 5.46 Å². The number of fused-ring (bicyclic) bond motifs is 1. The fourth-order valence-electron chi connectivity index (χ4n) is 4.88. The lowest BCUT2D eigenvalue weighted by molar-refractivity contribution is 0.00578. The van der Waals surface area contributed by atoms with E-state index in [1.54, 1.807) is 6.20 Å². The molecule has 1 aromatic heterocycles. The number of hydrogen-bond donors (Lipinski definition) is 1. The Morgan fingerprint density at radius 1 is 0.909 bits per heavy atom. The second-order valence-electron chi connectivity index (χ2n) is 12.0. The summed E-state index contributed by atoms with van der Waals surface area (Å²) in [6.07, 6.45) is 4.04. The van der Waals surface area contributed by atoms with Crippen molar-refractivity contribution >= 4 is 18.3 Å². The third-order valence-corrected chi connectivity index (χ3v) is 8.11. The molecular formula is C27H37BN2O3. The smallest absolute Gasteiger partial charge is 0.410 e. The minimum atomic E-state index is -0.473. The van der Waals surface area contributed by atoms with Crippen LogP contribution in [0.25, 0.3) is 0 Å². The second-order valence-corrected chi connectivity index (χ2v) is 12.0. The lowest BCUT2D eigenvalue weighted by Gasteiger charge is -2.42. The zero-order chi connectivity index (χ0) is 24.4. The summed E-state index contributed by atoms with van der Waals surface area (Å²) in [4.78, 5) is 4.63. The Kier molecular flexibility index (Phi) is 5.57. The topological polar surface area (TPSA) is 63.9 Å². The number of nitrogens with zero attached hydrogens (tertiary/aromatic N) is 2. The Morgan fingerprint density at radius 3 is 1.94 bits per heavy atom. The Hall–Kier alpha value is -2.18. The molecule has 5 nitrogen and oxygen atoms in total.